The molecule has 0 aliphatic carbocycles. The van der Waals surface area contributed by atoms with Crippen LogP contribution in [0.3, 0.4) is 0 Å². The van der Waals surface area contributed by atoms with Crippen LogP contribution < -0.4 is 15.0 Å². The molecule has 1 saturated heterocycles. The fraction of sp³-hybridized carbons (Fsp3) is 0.136. The lowest BCUT2D eigenvalue weighted by atomic mass is 10.0. The Labute approximate surface area is 181 Å². The van der Waals surface area contributed by atoms with E-state index in [0.29, 0.717) is 28.1 Å². The van der Waals surface area contributed by atoms with Crippen molar-refractivity contribution >= 4 is 45.2 Å². The van der Waals surface area contributed by atoms with Crippen molar-refractivity contribution in [3.63, 3.8) is 0 Å². The first-order valence-electron chi connectivity index (χ1n) is 9.41. The van der Waals surface area contributed by atoms with E-state index >= 15 is 0 Å². The fourth-order valence-corrected chi connectivity index (χ4v) is 5.03. The molecule has 1 aromatic carbocycles. The molecule has 3 amide bonds. The molecule has 0 bridgehead atoms. The van der Waals surface area contributed by atoms with Crippen LogP contribution in [-0.4, -0.2) is 40.3 Å². The van der Waals surface area contributed by atoms with E-state index in [0.717, 1.165) is 15.2 Å². The molecule has 152 valence electrons. The van der Waals surface area contributed by atoms with E-state index in [9.17, 15) is 14.9 Å². The highest BCUT2D eigenvalue weighted by Gasteiger charge is 2.46. The number of carbonyl (C=O) groups is 2. The number of nitrogens with one attached hydrogen (secondary N) is 1. The number of imide groups is 1. The molecule has 0 saturated carbocycles. The number of hydrogen-bond donors (Lipinski definition) is 1. The highest BCUT2D eigenvalue weighted by Crippen LogP contribution is 2.44. The first kappa shape index (κ1) is 19.1. The summed E-state index contributed by atoms with van der Waals surface area (Å²) in [5, 5.41) is 12.6. The minimum atomic E-state index is -0.565. The molecule has 2 aromatic heterocycles. The summed E-state index contributed by atoms with van der Waals surface area (Å²) < 4.78 is 5.28. The van der Waals surface area contributed by atoms with Gasteiger partial charge in [0.2, 0.25) is 0 Å². The first-order valence-corrected chi connectivity index (χ1v) is 10.3. The molecule has 1 fully saturated rings. The number of fused-ring (bicyclic) bond motifs is 2. The number of urea groups is 1. The van der Waals surface area contributed by atoms with Crippen LogP contribution in [0.15, 0.2) is 55.0 Å². The summed E-state index contributed by atoms with van der Waals surface area (Å²) in [5.41, 5.74) is 2.00. The van der Waals surface area contributed by atoms with Gasteiger partial charge in [0.15, 0.2) is 0 Å². The number of hydrogen-bond acceptors (Lipinski definition) is 7. The molecule has 1 N–H and O–H groups in total. The van der Waals surface area contributed by atoms with E-state index in [1.807, 2.05) is 12.1 Å². The van der Waals surface area contributed by atoms with Gasteiger partial charge in [0.1, 0.15) is 11.0 Å². The van der Waals surface area contributed by atoms with Gasteiger partial charge in [-0.05, 0) is 36.4 Å². The van der Waals surface area contributed by atoms with Gasteiger partial charge in [-0.1, -0.05) is 0 Å². The van der Waals surface area contributed by atoms with E-state index in [1.165, 1.54) is 18.0 Å². The predicted octanol–water partition coefficient (Wildman–Crippen LogP) is 3.09. The number of amides is 3. The number of carbonyl (C=O) groups excluding carboxylic acids is 2. The number of aromatic nitrogens is 2. The topological polar surface area (TPSA) is 108 Å². The molecular formula is C22H15N5O3S. The molecule has 4 heterocycles. The van der Waals surface area contributed by atoms with Crippen LogP contribution in [0, 0.1) is 11.3 Å². The van der Waals surface area contributed by atoms with Gasteiger partial charge >= 0.3 is 6.03 Å². The smallest absolute Gasteiger partial charge is 0.329 e. The maximum atomic E-state index is 13.4. The second kappa shape index (κ2) is 7.41. The Bertz CT molecular complexity index is 1310. The molecule has 2 unspecified atom stereocenters. The molecule has 2 aliphatic rings. The summed E-state index contributed by atoms with van der Waals surface area (Å²) in [6, 6.07) is 9.90. The van der Waals surface area contributed by atoms with Gasteiger partial charge in [0, 0.05) is 28.2 Å². The van der Waals surface area contributed by atoms with Gasteiger partial charge in [0.25, 0.3) is 5.91 Å². The van der Waals surface area contributed by atoms with Gasteiger partial charge in [-0.2, -0.15) is 5.26 Å². The summed E-state index contributed by atoms with van der Waals surface area (Å²) in [4.78, 5) is 36.6. The lowest BCUT2D eigenvalue weighted by Gasteiger charge is -2.33. The number of rotatable bonds is 3. The van der Waals surface area contributed by atoms with Gasteiger partial charge in [-0.15, -0.1) is 11.8 Å². The lowest BCUT2D eigenvalue weighted by molar-refractivity contribution is -0.118. The van der Waals surface area contributed by atoms with Crippen LogP contribution in [0.4, 0.5) is 10.5 Å². The van der Waals surface area contributed by atoms with Crippen molar-refractivity contribution in [3.8, 4) is 11.8 Å². The Morgan fingerprint density at radius 2 is 2.13 bits per heavy atom. The first-order chi connectivity index (χ1) is 15.1. The Hall–Kier alpha value is -3.90. The van der Waals surface area contributed by atoms with Crippen molar-refractivity contribution < 1.29 is 14.3 Å². The van der Waals surface area contributed by atoms with Crippen LogP contribution in [0.2, 0.25) is 0 Å². The monoisotopic (exact) mass is 429 g/mol. The number of pyridine rings is 2. The van der Waals surface area contributed by atoms with Crippen molar-refractivity contribution in [3.05, 3.63) is 66.1 Å². The second-order valence-electron chi connectivity index (χ2n) is 6.98. The Kier molecular flexibility index (Phi) is 4.56. The number of methoxy groups -OCH3 is 1. The zero-order valence-electron chi connectivity index (χ0n) is 16.3. The van der Waals surface area contributed by atoms with Gasteiger partial charge in [0.05, 0.1) is 42.2 Å². The highest BCUT2D eigenvalue weighted by atomic mass is 32.2. The van der Waals surface area contributed by atoms with E-state index in [4.69, 9.17) is 4.74 Å². The standard InChI is InChI=1S/C22H15N5O3S/c1-30-14-5-4-12(9-23)15(7-14)18-8-16-20(31-18)21(28)27(22(29)26-16)17-11-24-10-13-3-2-6-25-19(13)17/h2-8,10-11,16,20H,1H3,(H,26,29). The summed E-state index contributed by atoms with van der Waals surface area (Å²) in [6.45, 7) is 0. The van der Waals surface area contributed by atoms with Crippen LogP contribution in [0.25, 0.3) is 15.8 Å². The minimum absolute atomic E-state index is 0.340. The van der Waals surface area contributed by atoms with Crippen LogP contribution >= 0.6 is 11.8 Å². The molecule has 5 rings (SSSR count). The van der Waals surface area contributed by atoms with Crippen molar-refractivity contribution in [1.29, 1.82) is 5.26 Å². The van der Waals surface area contributed by atoms with Gasteiger partial charge in [-0.25, -0.2) is 9.69 Å². The third-order valence-corrected chi connectivity index (χ3v) is 6.57. The number of nitriles is 1. The Balaban J connectivity index is 1.51. The quantitative estimate of drug-likeness (QED) is 0.681. The molecule has 2 aliphatic heterocycles. The minimum Gasteiger partial charge on any atom is -0.497 e. The zero-order valence-corrected chi connectivity index (χ0v) is 17.1. The summed E-state index contributed by atoms with van der Waals surface area (Å²) >= 11 is 1.32. The number of nitrogens with zero attached hydrogens (tertiary/aromatic N) is 4. The number of thioether (sulfide) groups is 1. The van der Waals surface area contributed by atoms with Crippen LogP contribution in [0.5, 0.6) is 5.75 Å². The number of benzene rings is 1. The van der Waals surface area contributed by atoms with Crippen molar-refractivity contribution in [2.24, 2.45) is 0 Å². The fourth-order valence-electron chi connectivity index (χ4n) is 3.74. The van der Waals surface area contributed by atoms with Crippen molar-refractivity contribution in [2.45, 2.75) is 11.3 Å². The molecule has 2 atom stereocenters. The van der Waals surface area contributed by atoms with Crippen molar-refractivity contribution in [2.75, 3.05) is 12.0 Å². The van der Waals surface area contributed by atoms with Crippen LogP contribution in [0.1, 0.15) is 11.1 Å². The SMILES string of the molecule is COc1ccc(C#N)c(C2=CC3NC(=O)N(c4cncc5cccnc45)C(=O)C3S2)c1. The van der Waals surface area contributed by atoms with Gasteiger partial charge < -0.3 is 10.1 Å². The van der Waals surface area contributed by atoms with Gasteiger partial charge in [-0.3, -0.25) is 14.8 Å². The maximum Gasteiger partial charge on any atom is 0.329 e. The average molecular weight is 429 g/mol. The number of ether oxygens (including phenoxy) is 1. The molecular weight excluding hydrogens is 414 g/mol. The normalized spacial score (nSPS) is 20.1. The molecule has 8 nitrogen and oxygen atoms in total. The molecule has 31 heavy (non-hydrogen) atoms. The lowest BCUT2D eigenvalue weighted by Crippen LogP contribution is -2.60. The van der Waals surface area contributed by atoms with E-state index in [-0.39, 0.29) is 5.91 Å². The third kappa shape index (κ3) is 3.08. The summed E-state index contributed by atoms with van der Waals surface area (Å²) in [7, 11) is 1.55. The maximum absolute atomic E-state index is 13.4. The molecule has 0 radical (unpaired) electrons. The summed E-state index contributed by atoms with van der Waals surface area (Å²) in [6.07, 6.45) is 6.53. The summed E-state index contributed by atoms with van der Waals surface area (Å²) in [5.74, 6) is 0.252. The second-order valence-corrected chi connectivity index (χ2v) is 8.16. The van der Waals surface area contributed by atoms with E-state index < -0.39 is 17.3 Å². The zero-order chi connectivity index (χ0) is 21.5. The Morgan fingerprint density at radius 3 is 2.94 bits per heavy atom. The predicted molar refractivity (Wildman–Crippen MR) is 116 cm³/mol. The van der Waals surface area contributed by atoms with E-state index in [1.54, 1.807) is 43.8 Å². The van der Waals surface area contributed by atoms with Crippen LogP contribution in [-0.2, 0) is 4.79 Å². The highest BCUT2D eigenvalue weighted by molar-refractivity contribution is 8.09. The van der Waals surface area contributed by atoms with E-state index in [2.05, 4.69) is 21.4 Å². The van der Waals surface area contributed by atoms with Crippen molar-refractivity contribution in [1.82, 2.24) is 15.3 Å². The molecule has 3 aromatic rings. The average Bonchev–Trinajstić information content (AvgIpc) is 3.23. The Morgan fingerprint density at radius 1 is 1.26 bits per heavy atom. The number of anilines is 1. The molecule has 0 spiro atoms. The third-order valence-electron chi connectivity index (χ3n) is 5.21. The molecule has 9 heteroatoms. The largest absolute Gasteiger partial charge is 0.497 e.